The van der Waals surface area contributed by atoms with Gasteiger partial charge in [0.2, 0.25) is 0 Å². The predicted molar refractivity (Wildman–Crippen MR) is 69.2 cm³/mol. The Morgan fingerprint density at radius 1 is 1.37 bits per heavy atom. The van der Waals surface area contributed by atoms with Crippen molar-refractivity contribution in [2.24, 2.45) is 29.1 Å². The fraction of sp³-hybridized carbons (Fsp3) is 0.933. The second-order valence-electron chi connectivity index (χ2n) is 6.94. The first-order valence-corrected chi connectivity index (χ1v) is 7.49. The average molecular weight is 268 g/mol. The Hall–Kier alpha value is -0.610. The summed E-state index contributed by atoms with van der Waals surface area (Å²) in [7, 11) is 0. The number of carbonyl (C=O) groups is 1. The van der Waals surface area contributed by atoms with Gasteiger partial charge < -0.3 is 14.9 Å². The quantitative estimate of drug-likeness (QED) is 0.704. The molecule has 2 aliphatic carbocycles. The highest BCUT2D eigenvalue weighted by molar-refractivity contribution is 5.74. The van der Waals surface area contributed by atoms with E-state index in [1.54, 1.807) is 0 Å². The van der Waals surface area contributed by atoms with Crippen LogP contribution in [0.1, 0.15) is 39.5 Å². The molecule has 1 heterocycles. The van der Waals surface area contributed by atoms with E-state index in [1.807, 2.05) is 6.92 Å². The minimum Gasteiger partial charge on any atom is -0.462 e. The van der Waals surface area contributed by atoms with Crippen LogP contribution in [-0.2, 0) is 9.53 Å². The molecule has 2 N–H and O–H groups in total. The Morgan fingerprint density at radius 3 is 2.79 bits per heavy atom. The maximum Gasteiger partial charge on any atom is 0.309 e. The lowest BCUT2D eigenvalue weighted by atomic mass is 9.68. The Balaban J connectivity index is 1.96. The van der Waals surface area contributed by atoms with Gasteiger partial charge in [-0.05, 0) is 37.5 Å². The second kappa shape index (κ2) is 4.45. The number of hydrogen-bond acceptors (Lipinski definition) is 4. The Bertz CT molecular complexity index is 382. The van der Waals surface area contributed by atoms with E-state index in [0.717, 1.165) is 25.7 Å². The van der Waals surface area contributed by atoms with E-state index in [2.05, 4.69) is 6.92 Å². The summed E-state index contributed by atoms with van der Waals surface area (Å²) in [6, 6.07) is 0. The predicted octanol–water partition coefficient (Wildman–Crippen LogP) is 1.34. The lowest BCUT2D eigenvalue weighted by molar-refractivity contribution is -0.144. The molecule has 0 aromatic rings. The van der Waals surface area contributed by atoms with Crippen LogP contribution in [0.3, 0.4) is 0 Å². The van der Waals surface area contributed by atoms with E-state index < -0.39 is 11.5 Å². The van der Waals surface area contributed by atoms with Gasteiger partial charge in [-0.25, -0.2) is 0 Å². The highest BCUT2D eigenvalue weighted by atomic mass is 16.6. The zero-order chi connectivity index (χ0) is 13.8. The molecular weight excluding hydrogens is 244 g/mol. The monoisotopic (exact) mass is 268 g/mol. The van der Waals surface area contributed by atoms with Crippen molar-refractivity contribution in [2.45, 2.75) is 51.7 Å². The number of aliphatic hydroxyl groups excluding tert-OH is 2. The second-order valence-corrected chi connectivity index (χ2v) is 6.94. The smallest absolute Gasteiger partial charge is 0.309 e. The zero-order valence-electron chi connectivity index (χ0n) is 11.7. The summed E-state index contributed by atoms with van der Waals surface area (Å²) in [6.45, 7) is 4.12. The molecule has 0 radical (unpaired) electrons. The molecule has 1 aliphatic heterocycles. The van der Waals surface area contributed by atoms with Gasteiger partial charge in [-0.2, -0.15) is 0 Å². The van der Waals surface area contributed by atoms with E-state index in [9.17, 15) is 15.0 Å². The average Bonchev–Trinajstić information content (AvgIpc) is 2.78. The van der Waals surface area contributed by atoms with Crippen LogP contribution < -0.4 is 0 Å². The van der Waals surface area contributed by atoms with Gasteiger partial charge in [-0.15, -0.1) is 0 Å². The summed E-state index contributed by atoms with van der Waals surface area (Å²) in [4.78, 5) is 11.8. The lowest BCUT2D eigenvalue weighted by Crippen LogP contribution is -2.42. The van der Waals surface area contributed by atoms with Gasteiger partial charge in [0.05, 0.1) is 18.6 Å². The molecule has 0 aromatic carbocycles. The first-order valence-electron chi connectivity index (χ1n) is 7.49. The van der Waals surface area contributed by atoms with Crippen LogP contribution in [0.2, 0.25) is 0 Å². The van der Waals surface area contributed by atoms with Crippen molar-refractivity contribution in [1.29, 1.82) is 0 Å². The fourth-order valence-corrected chi connectivity index (χ4v) is 4.93. The summed E-state index contributed by atoms with van der Waals surface area (Å²) in [5.74, 6) is 0.676. The van der Waals surface area contributed by atoms with Crippen LogP contribution in [0.5, 0.6) is 0 Å². The van der Waals surface area contributed by atoms with Crippen molar-refractivity contribution in [3.05, 3.63) is 0 Å². The molecule has 108 valence electrons. The molecule has 3 rings (SSSR count). The normalized spacial score (nSPS) is 53.4. The maximum atomic E-state index is 11.8. The number of aliphatic hydroxyl groups is 2. The Kier molecular flexibility index (Phi) is 3.13. The summed E-state index contributed by atoms with van der Waals surface area (Å²) < 4.78 is 5.52. The molecule has 19 heavy (non-hydrogen) atoms. The molecule has 7 atom stereocenters. The molecule has 0 spiro atoms. The van der Waals surface area contributed by atoms with Crippen LogP contribution in [0.25, 0.3) is 0 Å². The zero-order valence-corrected chi connectivity index (χ0v) is 11.7. The SMILES string of the molecule is CC1CC2OC(=O)C(C)C2CC2(CO)C(O)CCC12. The van der Waals surface area contributed by atoms with E-state index in [1.165, 1.54) is 0 Å². The number of rotatable bonds is 1. The lowest BCUT2D eigenvalue weighted by Gasteiger charge is -2.39. The number of carbonyl (C=O) groups excluding carboxylic acids is 1. The molecular formula is C15H24O4. The van der Waals surface area contributed by atoms with Crippen LogP contribution in [0.4, 0.5) is 0 Å². The number of ether oxygens (including phenoxy) is 1. The van der Waals surface area contributed by atoms with Gasteiger partial charge in [0, 0.05) is 11.3 Å². The number of fused-ring (bicyclic) bond motifs is 2. The van der Waals surface area contributed by atoms with Crippen LogP contribution in [0, 0.1) is 29.1 Å². The third kappa shape index (κ3) is 1.76. The van der Waals surface area contributed by atoms with Gasteiger partial charge in [0.25, 0.3) is 0 Å². The highest BCUT2D eigenvalue weighted by Crippen LogP contribution is 2.57. The van der Waals surface area contributed by atoms with Crippen molar-refractivity contribution >= 4 is 5.97 Å². The molecule has 0 aromatic heterocycles. The van der Waals surface area contributed by atoms with Gasteiger partial charge in [0.15, 0.2) is 0 Å². The van der Waals surface area contributed by atoms with E-state index >= 15 is 0 Å². The van der Waals surface area contributed by atoms with Crippen molar-refractivity contribution in [3.63, 3.8) is 0 Å². The summed E-state index contributed by atoms with van der Waals surface area (Å²) in [5.41, 5.74) is -0.416. The van der Waals surface area contributed by atoms with Crippen molar-refractivity contribution in [3.8, 4) is 0 Å². The largest absolute Gasteiger partial charge is 0.462 e. The number of hydrogen-bond donors (Lipinski definition) is 2. The Morgan fingerprint density at radius 2 is 2.11 bits per heavy atom. The first kappa shape index (κ1) is 13.4. The van der Waals surface area contributed by atoms with E-state index in [4.69, 9.17) is 4.74 Å². The van der Waals surface area contributed by atoms with E-state index in [0.29, 0.717) is 11.8 Å². The summed E-state index contributed by atoms with van der Waals surface area (Å²) in [5, 5.41) is 20.4. The minimum absolute atomic E-state index is 0.0151. The third-order valence-corrected chi connectivity index (χ3v) is 6.11. The minimum atomic E-state index is -0.438. The van der Waals surface area contributed by atoms with Crippen molar-refractivity contribution in [1.82, 2.24) is 0 Å². The topological polar surface area (TPSA) is 66.8 Å². The number of esters is 1. The molecule has 0 amide bonds. The summed E-state index contributed by atoms with van der Waals surface area (Å²) >= 11 is 0. The summed E-state index contributed by atoms with van der Waals surface area (Å²) in [6.07, 6.45) is 2.89. The van der Waals surface area contributed by atoms with Crippen molar-refractivity contribution in [2.75, 3.05) is 6.61 Å². The molecule has 4 nitrogen and oxygen atoms in total. The van der Waals surface area contributed by atoms with E-state index in [-0.39, 0.29) is 30.5 Å². The molecule has 2 saturated carbocycles. The van der Waals surface area contributed by atoms with Gasteiger partial charge >= 0.3 is 5.97 Å². The molecule has 7 unspecified atom stereocenters. The molecule has 0 bridgehead atoms. The van der Waals surface area contributed by atoms with Gasteiger partial charge in [0.1, 0.15) is 6.10 Å². The van der Waals surface area contributed by atoms with Crippen LogP contribution in [-0.4, -0.2) is 35.0 Å². The molecule has 3 aliphatic rings. The van der Waals surface area contributed by atoms with Gasteiger partial charge in [-0.3, -0.25) is 4.79 Å². The molecule has 3 fully saturated rings. The fourth-order valence-electron chi connectivity index (χ4n) is 4.93. The Labute approximate surface area is 114 Å². The third-order valence-electron chi connectivity index (χ3n) is 6.11. The molecule has 4 heteroatoms. The van der Waals surface area contributed by atoms with Crippen LogP contribution in [0.15, 0.2) is 0 Å². The van der Waals surface area contributed by atoms with Crippen molar-refractivity contribution < 1.29 is 19.7 Å². The standard InChI is InChI=1S/C15H24O4/c1-8-5-12-10(9(2)14(18)19-12)6-15(7-16)11(8)3-4-13(15)17/h8-13,16-17H,3-7H2,1-2H3. The first-order chi connectivity index (χ1) is 8.99. The van der Waals surface area contributed by atoms with Gasteiger partial charge in [-0.1, -0.05) is 13.8 Å². The highest BCUT2D eigenvalue weighted by Gasteiger charge is 2.58. The van der Waals surface area contributed by atoms with Crippen LogP contribution >= 0.6 is 0 Å². The molecule has 1 saturated heterocycles. The maximum absolute atomic E-state index is 11.8.